The van der Waals surface area contributed by atoms with Crippen molar-refractivity contribution in [2.75, 3.05) is 20.1 Å². The molecule has 3 aliphatic rings. The van der Waals surface area contributed by atoms with Gasteiger partial charge >= 0.3 is 0 Å². The predicted octanol–water partition coefficient (Wildman–Crippen LogP) is 1.99. The SMILES string of the molecule is CNC1CC2CCCC(C1)N2N1CCCCC1. The molecular weight excluding hydrogens is 210 g/mol. The molecule has 3 heteroatoms. The van der Waals surface area contributed by atoms with Crippen molar-refractivity contribution in [1.82, 2.24) is 15.3 Å². The van der Waals surface area contributed by atoms with Gasteiger partial charge in [0.25, 0.3) is 0 Å². The van der Waals surface area contributed by atoms with Gasteiger partial charge < -0.3 is 5.32 Å². The summed E-state index contributed by atoms with van der Waals surface area (Å²) in [7, 11) is 2.14. The van der Waals surface area contributed by atoms with E-state index < -0.39 is 0 Å². The average molecular weight is 237 g/mol. The van der Waals surface area contributed by atoms with Gasteiger partial charge in [0, 0.05) is 31.2 Å². The van der Waals surface area contributed by atoms with Crippen molar-refractivity contribution < 1.29 is 0 Å². The predicted molar refractivity (Wildman–Crippen MR) is 70.8 cm³/mol. The Balaban J connectivity index is 1.70. The van der Waals surface area contributed by atoms with Gasteiger partial charge in [-0.1, -0.05) is 12.8 Å². The van der Waals surface area contributed by atoms with E-state index in [1.54, 1.807) is 0 Å². The van der Waals surface area contributed by atoms with Crippen LogP contribution in [0.5, 0.6) is 0 Å². The Morgan fingerprint density at radius 1 is 0.882 bits per heavy atom. The molecule has 3 heterocycles. The normalized spacial score (nSPS) is 40.4. The Kier molecular flexibility index (Phi) is 3.69. The maximum atomic E-state index is 3.51. The van der Waals surface area contributed by atoms with Crippen molar-refractivity contribution in [2.24, 2.45) is 0 Å². The number of hydrogen-bond acceptors (Lipinski definition) is 3. The largest absolute Gasteiger partial charge is 0.317 e. The summed E-state index contributed by atoms with van der Waals surface area (Å²) in [5, 5.41) is 9.01. The number of hydrogen-bond donors (Lipinski definition) is 1. The van der Waals surface area contributed by atoms with E-state index in [0.29, 0.717) is 0 Å². The van der Waals surface area contributed by atoms with Gasteiger partial charge in [-0.05, 0) is 45.6 Å². The molecule has 3 saturated heterocycles. The summed E-state index contributed by atoms with van der Waals surface area (Å²) in [6.07, 6.45) is 11.3. The second-order valence-electron chi connectivity index (χ2n) is 6.09. The molecule has 1 N–H and O–H groups in total. The van der Waals surface area contributed by atoms with E-state index in [2.05, 4.69) is 22.4 Å². The fourth-order valence-electron chi connectivity index (χ4n) is 4.16. The standard InChI is InChI=1S/C14H27N3/c1-15-12-10-13-6-5-7-14(11-12)17(13)16-8-3-2-4-9-16/h12-15H,2-11H2,1H3. The summed E-state index contributed by atoms with van der Waals surface area (Å²) in [4.78, 5) is 0. The highest BCUT2D eigenvalue weighted by Crippen LogP contribution is 2.35. The molecule has 0 saturated carbocycles. The van der Waals surface area contributed by atoms with Crippen LogP contribution in [0, 0.1) is 0 Å². The Morgan fingerprint density at radius 3 is 2.12 bits per heavy atom. The number of piperidine rings is 3. The highest BCUT2D eigenvalue weighted by molar-refractivity contribution is 4.94. The van der Waals surface area contributed by atoms with Gasteiger partial charge in [-0.2, -0.15) is 0 Å². The molecule has 0 aliphatic carbocycles. The molecule has 0 spiro atoms. The molecule has 3 aliphatic heterocycles. The first-order valence-corrected chi connectivity index (χ1v) is 7.59. The van der Waals surface area contributed by atoms with Crippen LogP contribution in [0.25, 0.3) is 0 Å². The van der Waals surface area contributed by atoms with E-state index in [1.807, 2.05) is 0 Å². The van der Waals surface area contributed by atoms with E-state index >= 15 is 0 Å². The van der Waals surface area contributed by atoms with Crippen LogP contribution in [0.15, 0.2) is 0 Å². The van der Waals surface area contributed by atoms with Crippen molar-refractivity contribution in [2.45, 2.75) is 69.5 Å². The minimum Gasteiger partial charge on any atom is -0.317 e. The number of nitrogens with zero attached hydrogens (tertiary/aromatic N) is 2. The molecule has 2 bridgehead atoms. The van der Waals surface area contributed by atoms with Crippen molar-refractivity contribution in [3.8, 4) is 0 Å². The van der Waals surface area contributed by atoms with Crippen LogP contribution in [0.4, 0.5) is 0 Å². The Labute approximate surface area is 106 Å². The molecule has 2 atom stereocenters. The molecular formula is C14H27N3. The van der Waals surface area contributed by atoms with Gasteiger partial charge in [0.1, 0.15) is 0 Å². The van der Waals surface area contributed by atoms with Gasteiger partial charge in [0.05, 0.1) is 0 Å². The molecule has 0 amide bonds. The van der Waals surface area contributed by atoms with Crippen LogP contribution < -0.4 is 5.32 Å². The number of hydrazine groups is 1. The number of nitrogens with one attached hydrogen (secondary N) is 1. The Morgan fingerprint density at radius 2 is 1.53 bits per heavy atom. The Bertz CT molecular complexity index is 236. The zero-order chi connectivity index (χ0) is 11.7. The van der Waals surface area contributed by atoms with Crippen LogP contribution in [0.1, 0.15) is 51.4 Å². The number of rotatable bonds is 2. The van der Waals surface area contributed by atoms with E-state index in [1.165, 1.54) is 64.5 Å². The second kappa shape index (κ2) is 5.25. The van der Waals surface area contributed by atoms with E-state index in [4.69, 9.17) is 0 Å². The summed E-state index contributed by atoms with van der Waals surface area (Å²) < 4.78 is 0. The summed E-state index contributed by atoms with van der Waals surface area (Å²) in [6.45, 7) is 2.63. The minimum atomic E-state index is 0.770. The fraction of sp³-hybridized carbons (Fsp3) is 1.00. The smallest absolute Gasteiger partial charge is 0.0263 e. The minimum absolute atomic E-state index is 0.770. The average Bonchev–Trinajstić information content (AvgIpc) is 2.38. The molecule has 3 nitrogen and oxygen atoms in total. The maximum absolute atomic E-state index is 3.51. The van der Waals surface area contributed by atoms with Crippen LogP contribution in [-0.2, 0) is 0 Å². The number of fused-ring (bicyclic) bond motifs is 2. The summed E-state index contributed by atoms with van der Waals surface area (Å²) in [6, 6.07) is 2.43. The van der Waals surface area contributed by atoms with E-state index in [0.717, 1.165) is 18.1 Å². The van der Waals surface area contributed by atoms with Crippen LogP contribution >= 0.6 is 0 Å². The van der Waals surface area contributed by atoms with Crippen molar-refractivity contribution in [3.05, 3.63) is 0 Å². The van der Waals surface area contributed by atoms with E-state index in [9.17, 15) is 0 Å². The lowest BCUT2D eigenvalue weighted by molar-refractivity contribution is -0.146. The first-order valence-electron chi connectivity index (χ1n) is 7.59. The summed E-state index contributed by atoms with van der Waals surface area (Å²) in [5.41, 5.74) is 0. The summed E-state index contributed by atoms with van der Waals surface area (Å²) in [5.74, 6) is 0. The monoisotopic (exact) mass is 237 g/mol. The highest BCUT2D eigenvalue weighted by atomic mass is 15.7. The Hall–Kier alpha value is -0.120. The summed E-state index contributed by atoms with van der Waals surface area (Å²) >= 11 is 0. The third-order valence-electron chi connectivity index (χ3n) is 5.00. The lowest BCUT2D eigenvalue weighted by atomic mass is 9.83. The second-order valence-corrected chi connectivity index (χ2v) is 6.09. The van der Waals surface area contributed by atoms with Gasteiger partial charge in [0.15, 0.2) is 0 Å². The zero-order valence-electron chi connectivity index (χ0n) is 11.2. The quantitative estimate of drug-likeness (QED) is 0.792. The topological polar surface area (TPSA) is 18.5 Å². The molecule has 3 fully saturated rings. The highest BCUT2D eigenvalue weighted by Gasteiger charge is 2.40. The zero-order valence-corrected chi connectivity index (χ0v) is 11.2. The maximum Gasteiger partial charge on any atom is 0.0263 e. The molecule has 0 radical (unpaired) electrons. The lowest BCUT2D eigenvalue weighted by Gasteiger charge is -2.54. The van der Waals surface area contributed by atoms with Gasteiger partial charge in [-0.25, -0.2) is 10.0 Å². The van der Waals surface area contributed by atoms with Gasteiger partial charge in [-0.3, -0.25) is 0 Å². The van der Waals surface area contributed by atoms with Gasteiger partial charge in [0.2, 0.25) is 0 Å². The van der Waals surface area contributed by atoms with E-state index in [-0.39, 0.29) is 0 Å². The van der Waals surface area contributed by atoms with Crippen LogP contribution in [-0.4, -0.2) is 48.3 Å². The first kappa shape index (κ1) is 11.9. The molecule has 98 valence electrons. The fourth-order valence-corrected chi connectivity index (χ4v) is 4.16. The van der Waals surface area contributed by atoms with Crippen molar-refractivity contribution in [3.63, 3.8) is 0 Å². The molecule has 0 aromatic heterocycles. The van der Waals surface area contributed by atoms with Crippen molar-refractivity contribution in [1.29, 1.82) is 0 Å². The molecule has 0 aromatic rings. The molecule has 0 aromatic carbocycles. The van der Waals surface area contributed by atoms with Gasteiger partial charge in [-0.15, -0.1) is 0 Å². The molecule has 3 rings (SSSR count). The lowest BCUT2D eigenvalue weighted by Crippen LogP contribution is -2.62. The third kappa shape index (κ3) is 2.38. The molecule has 2 unspecified atom stereocenters. The van der Waals surface area contributed by atoms with Crippen LogP contribution in [0.2, 0.25) is 0 Å². The van der Waals surface area contributed by atoms with Crippen molar-refractivity contribution >= 4 is 0 Å². The molecule has 17 heavy (non-hydrogen) atoms. The van der Waals surface area contributed by atoms with Crippen LogP contribution in [0.3, 0.4) is 0 Å². The third-order valence-corrected chi connectivity index (χ3v) is 5.00. The first-order chi connectivity index (χ1) is 8.38.